The SMILES string of the molecule is COCc1nccnc1N(Cc1ccc(-c2noc(C(F)(F)F)n2)s1)c1cnccn1. The van der Waals surface area contributed by atoms with Gasteiger partial charge in [-0.3, -0.25) is 9.97 Å². The molecule has 0 unspecified atom stereocenters. The van der Waals surface area contributed by atoms with E-state index in [1.165, 1.54) is 11.3 Å². The lowest BCUT2D eigenvalue weighted by Gasteiger charge is -2.23. The highest BCUT2D eigenvalue weighted by molar-refractivity contribution is 7.15. The molecule has 0 radical (unpaired) electrons. The van der Waals surface area contributed by atoms with Gasteiger partial charge in [0.2, 0.25) is 5.82 Å². The second-order valence-electron chi connectivity index (χ2n) is 6.10. The topological polar surface area (TPSA) is 103 Å². The zero-order valence-electron chi connectivity index (χ0n) is 15.9. The molecule has 0 saturated carbocycles. The molecule has 0 amide bonds. The summed E-state index contributed by atoms with van der Waals surface area (Å²) in [6, 6.07) is 3.39. The average molecular weight is 449 g/mol. The van der Waals surface area contributed by atoms with Gasteiger partial charge in [-0.05, 0) is 12.1 Å². The van der Waals surface area contributed by atoms with Crippen LogP contribution in [0, 0.1) is 0 Å². The number of alkyl halides is 3. The highest BCUT2D eigenvalue weighted by Crippen LogP contribution is 2.33. The minimum Gasteiger partial charge on any atom is -0.378 e. The van der Waals surface area contributed by atoms with Gasteiger partial charge >= 0.3 is 12.1 Å². The summed E-state index contributed by atoms with van der Waals surface area (Å²) >= 11 is 1.23. The minimum absolute atomic E-state index is 0.130. The third-order valence-electron chi connectivity index (χ3n) is 3.98. The van der Waals surface area contributed by atoms with Gasteiger partial charge in [0.15, 0.2) is 11.6 Å². The molecular weight excluding hydrogens is 435 g/mol. The van der Waals surface area contributed by atoms with Crippen molar-refractivity contribution < 1.29 is 22.4 Å². The zero-order chi connectivity index (χ0) is 21.8. The second kappa shape index (κ2) is 8.73. The van der Waals surface area contributed by atoms with Gasteiger partial charge in [0.25, 0.3) is 0 Å². The summed E-state index contributed by atoms with van der Waals surface area (Å²) in [4.78, 5) is 23.7. The number of hydrogen-bond donors (Lipinski definition) is 0. The van der Waals surface area contributed by atoms with Gasteiger partial charge in [0, 0.05) is 36.8 Å². The van der Waals surface area contributed by atoms with Crippen LogP contribution >= 0.6 is 11.3 Å². The Morgan fingerprint density at radius 1 is 1.10 bits per heavy atom. The third kappa shape index (κ3) is 4.67. The van der Waals surface area contributed by atoms with Gasteiger partial charge in [0.1, 0.15) is 5.69 Å². The van der Waals surface area contributed by atoms with Crippen LogP contribution in [0.2, 0.25) is 0 Å². The van der Waals surface area contributed by atoms with E-state index in [-0.39, 0.29) is 12.4 Å². The highest BCUT2D eigenvalue weighted by atomic mass is 32.1. The largest absolute Gasteiger partial charge is 0.471 e. The molecule has 0 atom stereocenters. The first-order chi connectivity index (χ1) is 15.0. The van der Waals surface area contributed by atoms with Crippen LogP contribution in [-0.2, 0) is 24.1 Å². The number of nitrogens with zero attached hydrogens (tertiary/aromatic N) is 7. The van der Waals surface area contributed by atoms with Gasteiger partial charge in [-0.15, -0.1) is 11.3 Å². The van der Waals surface area contributed by atoms with Crippen molar-refractivity contribution in [1.82, 2.24) is 30.1 Å². The monoisotopic (exact) mass is 449 g/mol. The molecule has 9 nitrogen and oxygen atoms in total. The predicted octanol–water partition coefficient (Wildman–Crippen LogP) is 3.88. The van der Waals surface area contributed by atoms with E-state index in [4.69, 9.17) is 4.74 Å². The Kier molecular flexibility index (Phi) is 5.86. The van der Waals surface area contributed by atoms with Crippen LogP contribution in [0.5, 0.6) is 0 Å². The van der Waals surface area contributed by atoms with Gasteiger partial charge in [-0.2, -0.15) is 18.2 Å². The Hall–Kier alpha value is -3.45. The fourth-order valence-electron chi connectivity index (χ4n) is 2.70. The Morgan fingerprint density at radius 2 is 1.90 bits per heavy atom. The molecule has 31 heavy (non-hydrogen) atoms. The van der Waals surface area contributed by atoms with Crippen LogP contribution < -0.4 is 4.90 Å². The number of thiophene rings is 1. The van der Waals surface area contributed by atoms with Gasteiger partial charge in [0.05, 0.1) is 24.2 Å². The van der Waals surface area contributed by atoms with Crippen molar-refractivity contribution in [2.45, 2.75) is 19.3 Å². The molecule has 0 aliphatic heterocycles. The zero-order valence-corrected chi connectivity index (χ0v) is 16.8. The molecule has 160 valence electrons. The summed E-state index contributed by atoms with van der Waals surface area (Å²) in [5, 5.41) is 3.43. The van der Waals surface area contributed by atoms with Crippen molar-refractivity contribution in [2.24, 2.45) is 0 Å². The lowest BCUT2D eigenvalue weighted by atomic mass is 10.3. The summed E-state index contributed by atoms with van der Waals surface area (Å²) in [5.74, 6) is -0.468. The molecule has 4 aromatic rings. The maximum absolute atomic E-state index is 12.7. The molecule has 4 rings (SSSR count). The molecular formula is C18H14F3N7O2S. The Morgan fingerprint density at radius 3 is 2.61 bits per heavy atom. The molecule has 4 aromatic heterocycles. The number of hydrogen-bond acceptors (Lipinski definition) is 10. The van der Waals surface area contributed by atoms with E-state index in [1.807, 2.05) is 0 Å². The van der Waals surface area contributed by atoms with Crippen molar-refractivity contribution in [2.75, 3.05) is 12.0 Å². The molecule has 0 bridgehead atoms. The summed E-state index contributed by atoms with van der Waals surface area (Å²) in [7, 11) is 1.55. The summed E-state index contributed by atoms with van der Waals surface area (Å²) in [6.45, 7) is 0.543. The molecule has 0 saturated heterocycles. The molecule has 0 aliphatic carbocycles. The fraction of sp³-hybridized carbons (Fsp3) is 0.222. The van der Waals surface area contributed by atoms with Crippen LogP contribution in [0.3, 0.4) is 0 Å². The molecule has 4 heterocycles. The van der Waals surface area contributed by atoms with Crippen LogP contribution in [0.25, 0.3) is 10.7 Å². The predicted molar refractivity (Wildman–Crippen MR) is 103 cm³/mol. The number of anilines is 2. The van der Waals surface area contributed by atoms with Gasteiger partial charge < -0.3 is 14.2 Å². The summed E-state index contributed by atoms with van der Waals surface area (Å²) in [5.41, 5.74) is 0.598. The lowest BCUT2D eigenvalue weighted by molar-refractivity contribution is -0.159. The number of ether oxygens (including phenoxy) is 1. The summed E-state index contributed by atoms with van der Waals surface area (Å²) < 4.78 is 47.7. The van der Waals surface area contributed by atoms with E-state index >= 15 is 0 Å². The van der Waals surface area contributed by atoms with Crippen LogP contribution in [0.4, 0.5) is 24.8 Å². The Balaban J connectivity index is 1.66. The molecule has 0 N–H and O–H groups in total. The quantitative estimate of drug-likeness (QED) is 0.416. The van der Waals surface area contributed by atoms with Gasteiger partial charge in [-0.1, -0.05) is 5.16 Å². The number of methoxy groups -OCH3 is 1. The van der Waals surface area contributed by atoms with Crippen LogP contribution in [0.1, 0.15) is 16.5 Å². The minimum atomic E-state index is -4.70. The fourth-order valence-corrected chi connectivity index (χ4v) is 3.62. The van der Waals surface area contributed by atoms with Crippen molar-refractivity contribution in [3.8, 4) is 10.7 Å². The Bertz CT molecular complexity index is 1150. The molecule has 0 aromatic carbocycles. The first-order valence-electron chi connectivity index (χ1n) is 8.78. The molecule has 0 spiro atoms. The van der Waals surface area contributed by atoms with Crippen LogP contribution in [-0.4, -0.2) is 37.2 Å². The molecule has 0 aliphatic rings. The third-order valence-corrected chi connectivity index (χ3v) is 5.05. The maximum Gasteiger partial charge on any atom is 0.471 e. The number of rotatable bonds is 7. The first kappa shape index (κ1) is 20.8. The smallest absolute Gasteiger partial charge is 0.378 e. The van der Waals surface area contributed by atoms with Crippen LogP contribution in [0.15, 0.2) is 47.6 Å². The standard InChI is InChI=1S/C18H14F3N7O2S/c1-29-10-12-16(25-7-6-23-12)28(14-8-22-4-5-24-14)9-11-2-3-13(31-11)15-26-17(30-27-15)18(19,20)21/h2-8H,9-10H2,1H3. The summed E-state index contributed by atoms with van der Waals surface area (Å²) in [6.07, 6.45) is 3.09. The van der Waals surface area contributed by atoms with E-state index in [1.54, 1.807) is 55.1 Å². The van der Waals surface area contributed by atoms with Crippen molar-refractivity contribution >= 4 is 23.0 Å². The highest BCUT2D eigenvalue weighted by Gasteiger charge is 2.38. The van der Waals surface area contributed by atoms with E-state index in [0.717, 1.165) is 4.88 Å². The Labute approximate surface area is 177 Å². The average Bonchev–Trinajstić information content (AvgIpc) is 3.43. The van der Waals surface area contributed by atoms with Gasteiger partial charge in [-0.25, -0.2) is 9.97 Å². The van der Waals surface area contributed by atoms with Crippen molar-refractivity contribution in [3.63, 3.8) is 0 Å². The first-order valence-corrected chi connectivity index (χ1v) is 9.59. The molecule has 13 heteroatoms. The van der Waals surface area contributed by atoms with Crippen molar-refractivity contribution in [1.29, 1.82) is 0 Å². The maximum atomic E-state index is 12.7. The number of halogens is 3. The normalized spacial score (nSPS) is 11.6. The molecule has 0 fully saturated rings. The van der Waals surface area contributed by atoms with Crippen molar-refractivity contribution in [3.05, 3.63) is 59.6 Å². The second-order valence-corrected chi connectivity index (χ2v) is 7.26. The lowest BCUT2D eigenvalue weighted by Crippen LogP contribution is -2.21. The number of aromatic nitrogens is 6. The van der Waals surface area contributed by atoms with E-state index < -0.39 is 12.1 Å². The van der Waals surface area contributed by atoms with E-state index in [0.29, 0.717) is 28.8 Å². The van der Waals surface area contributed by atoms with E-state index in [2.05, 4.69) is 34.6 Å². The van der Waals surface area contributed by atoms with E-state index in [9.17, 15) is 13.2 Å².